The number of hydrogen-bond donors (Lipinski definition) is 0. The number of carbonyl (C=O) groups excluding carboxylic acids is 2. The molecule has 1 aromatic heterocycles. The number of rotatable bonds is 6. The van der Waals surface area contributed by atoms with Crippen molar-refractivity contribution in [2.75, 3.05) is 11.4 Å². The van der Waals surface area contributed by atoms with Crippen molar-refractivity contribution in [3.63, 3.8) is 0 Å². The third kappa shape index (κ3) is 5.54. The maximum Gasteiger partial charge on any atom is 0.324 e. The topological polar surface area (TPSA) is 102 Å². The number of benzene rings is 2. The number of sulfonamides is 1. The Labute approximate surface area is 257 Å². The smallest absolute Gasteiger partial charge is 0.324 e. The predicted octanol–water partition coefficient (Wildman–Crippen LogP) is 6.08. The van der Waals surface area contributed by atoms with Crippen LogP contribution in [0.4, 0.5) is 11.6 Å². The second-order valence-corrected chi connectivity index (χ2v) is 15.0. The molecule has 218 valence electrons. The minimum absolute atomic E-state index is 0.111. The fourth-order valence-corrected chi connectivity index (χ4v) is 7.98. The molecular weight excluding hydrogens is 655 g/mol. The zero-order valence-electron chi connectivity index (χ0n) is 22.9. The number of carbonyl (C=O) groups is 2. The van der Waals surface area contributed by atoms with Crippen molar-refractivity contribution in [2.45, 2.75) is 69.2 Å². The van der Waals surface area contributed by atoms with Crippen LogP contribution in [0.25, 0.3) is 0 Å². The zero-order valence-corrected chi connectivity index (χ0v) is 26.8. The summed E-state index contributed by atoms with van der Waals surface area (Å²) in [4.78, 5) is 33.1. The van der Waals surface area contributed by atoms with Gasteiger partial charge in [0.15, 0.2) is 5.03 Å². The third-order valence-corrected chi connectivity index (χ3v) is 9.93. The molecule has 0 spiro atoms. The highest BCUT2D eigenvalue weighted by molar-refractivity contribution is 9.10. The first-order valence-electron chi connectivity index (χ1n) is 13.0. The Morgan fingerprint density at radius 1 is 1.15 bits per heavy atom. The van der Waals surface area contributed by atoms with Crippen LogP contribution >= 0.6 is 39.1 Å². The van der Waals surface area contributed by atoms with Gasteiger partial charge in [0.25, 0.3) is 15.9 Å². The van der Waals surface area contributed by atoms with Gasteiger partial charge in [-0.05, 0) is 76.4 Å². The van der Waals surface area contributed by atoms with Crippen LogP contribution in [-0.2, 0) is 36.3 Å². The molecule has 0 aliphatic carbocycles. The van der Waals surface area contributed by atoms with Gasteiger partial charge in [-0.3, -0.25) is 14.2 Å². The van der Waals surface area contributed by atoms with E-state index in [0.29, 0.717) is 28.6 Å². The van der Waals surface area contributed by atoms with Crippen molar-refractivity contribution in [2.24, 2.45) is 0 Å². The van der Waals surface area contributed by atoms with Crippen LogP contribution in [0.2, 0.25) is 10.0 Å². The first kappa shape index (κ1) is 30.0. The van der Waals surface area contributed by atoms with Crippen molar-refractivity contribution in [3.05, 3.63) is 68.7 Å². The molecule has 1 amide bonds. The van der Waals surface area contributed by atoms with Gasteiger partial charge in [0.1, 0.15) is 17.2 Å². The Kier molecular flexibility index (Phi) is 7.82. The van der Waals surface area contributed by atoms with Crippen molar-refractivity contribution in [3.8, 4) is 0 Å². The number of imidazole rings is 1. The lowest BCUT2D eigenvalue weighted by Gasteiger charge is -2.29. The molecule has 3 heterocycles. The van der Waals surface area contributed by atoms with E-state index in [9.17, 15) is 18.0 Å². The predicted molar refractivity (Wildman–Crippen MR) is 160 cm³/mol. The zero-order chi connectivity index (χ0) is 29.9. The Morgan fingerprint density at radius 3 is 2.39 bits per heavy atom. The molecule has 1 fully saturated rings. The fraction of sp³-hybridized carbons (Fsp3) is 0.393. The lowest BCUT2D eigenvalue weighted by Crippen LogP contribution is -2.46. The number of hydrogen-bond acceptors (Lipinski definition) is 6. The molecule has 1 saturated heterocycles. The maximum atomic E-state index is 14.3. The van der Waals surface area contributed by atoms with Crippen molar-refractivity contribution >= 4 is 72.7 Å². The average Bonchev–Trinajstić information content (AvgIpc) is 3.56. The van der Waals surface area contributed by atoms with E-state index >= 15 is 0 Å². The summed E-state index contributed by atoms with van der Waals surface area (Å²) in [5.41, 5.74) is -0.999. The van der Waals surface area contributed by atoms with Crippen LogP contribution in [0.1, 0.15) is 46.1 Å². The van der Waals surface area contributed by atoms with Crippen molar-refractivity contribution < 1.29 is 22.7 Å². The second-order valence-electron chi connectivity index (χ2n) is 11.4. The van der Waals surface area contributed by atoms with Crippen LogP contribution in [0.15, 0.2) is 58.2 Å². The summed E-state index contributed by atoms with van der Waals surface area (Å²) >= 11 is 16.0. The number of esters is 1. The number of nitrogens with zero attached hydrogens (tertiary/aromatic N) is 4. The van der Waals surface area contributed by atoms with E-state index in [1.165, 1.54) is 15.7 Å². The highest BCUT2D eigenvalue weighted by Gasteiger charge is 2.53. The number of aromatic nitrogens is 2. The molecule has 0 bridgehead atoms. The summed E-state index contributed by atoms with van der Waals surface area (Å²) < 4.78 is 37.5. The van der Waals surface area contributed by atoms with Gasteiger partial charge in [-0.2, -0.15) is 4.31 Å². The maximum absolute atomic E-state index is 14.3. The monoisotopic (exact) mass is 682 g/mol. The minimum atomic E-state index is -4.29. The SMILES string of the molecule is CC(C)(C)OC(=O)[C@@H]1CCCN1S(=O)(=O)c1cnc2n1[C@](C)(Cc1ccc(Br)cc1)C(=O)N2c1cc(Cl)cc(Cl)c1. The Morgan fingerprint density at radius 2 is 1.78 bits per heavy atom. The normalized spacial score (nSPS) is 21.4. The molecule has 3 aromatic rings. The molecule has 2 aliphatic rings. The Hall–Kier alpha value is -2.44. The molecule has 2 atom stereocenters. The first-order valence-corrected chi connectivity index (χ1v) is 16.0. The standard InChI is InChI=1S/C28H29BrCl2N4O5S/c1-27(2,3)40-24(36)22-6-5-11-33(22)41(38,39)23-16-32-26-34(21-13-19(30)12-20(31)14-21)25(37)28(4,35(23)26)15-17-7-9-18(29)10-8-17/h7-10,12-14,16,22H,5-6,11,15H2,1-4H3/t22-,28+/m0/s1. The van der Waals surface area contributed by atoms with Gasteiger partial charge < -0.3 is 4.74 Å². The van der Waals surface area contributed by atoms with E-state index in [0.717, 1.165) is 14.3 Å². The molecule has 41 heavy (non-hydrogen) atoms. The van der Waals surface area contributed by atoms with Gasteiger partial charge in [-0.25, -0.2) is 18.3 Å². The summed E-state index contributed by atoms with van der Waals surface area (Å²) in [6.07, 6.45) is 2.23. The van der Waals surface area contributed by atoms with Crippen LogP contribution in [0.3, 0.4) is 0 Å². The van der Waals surface area contributed by atoms with Crippen molar-refractivity contribution in [1.82, 2.24) is 13.9 Å². The quantitative estimate of drug-likeness (QED) is 0.292. The third-order valence-electron chi connectivity index (χ3n) is 7.09. The number of ether oxygens (including phenoxy) is 1. The lowest BCUT2D eigenvalue weighted by molar-refractivity contribution is -0.158. The molecule has 0 radical (unpaired) electrons. The molecule has 2 aliphatic heterocycles. The molecular formula is C28H29BrCl2N4O5S. The molecule has 2 aromatic carbocycles. The molecule has 5 rings (SSSR count). The molecule has 13 heteroatoms. The van der Waals surface area contributed by atoms with E-state index in [4.69, 9.17) is 27.9 Å². The number of anilines is 2. The highest BCUT2D eigenvalue weighted by atomic mass is 79.9. The van der Waals surface area contributed by atoms with Crippen LogP contribution in [0.5, 0.6) is 0 Å². The van der Waals surface area contributed by atoms with Gasteiger partial charge in [0.2, 0.25) is 5.95 Å². The highest BCUT2D eigenvalue weighted by Crippen LogP contribution is 2.45. The largest absolute Gasteiger partial charge is 0.459 e. The number of fused-ring (bicyclic) bond motifs is 1. The van der Waals surface area contributed by atoms with E-state index in [2.05, 4.69) is 20.9 Å². The number of halogens is 3. The summed E-state index contributed by atoms with van der Waals surface area (Å²) in [5.74, 6) is -0.897. The number of amides is 1. The van der Waals surface area contributed by atoms with Crippen LogP contribution in [-0.4, -0.2) is 52.3 Å². The summed E-state index contributed by atoms with van der Waals surface area (Å²) in [5, 5.41) is 0.432. The van der Waals surface area contributed by atoms with Gasteiger partial charge >= 0.3 is 5.97 Å². The van der Waals surface area contributed by atoms with Gasteiger partial charge in [-0.1, -0.05) is 51.3 Å². The fourth-order valence-electron chi connectivity index (χ4n) is 5.37. The van der Waals surface area contributed by atoms with Gasteiger partial charge in [0.05, 0.1) is 11.9 Å². The lowest BCUT2D eigenvalue weighted by atomic mass is 9.92. The van der Waals surface area contributed by atoms with E-state index in [-0.39, 0.29) is 23.9 Å². The Bertz CT molecular complexity index is 1620. The van der Waals surface area contributed by atoms with Gasteiger partial charge in [0, 0.05) is 27.5 Å². The molecule has 0 N–H and O–H groups in total. The first-order chi connectivity index (χ1) is 19.1. The van der Waals surface area contributed by atoms with Crippen molar-refractivity contribution in [1.29, 1.82) is 0 Å². The Balaban J connectivity index is 1.64. The van der Waals surface area contributed by atoms with Gasteiger partial charge in [-0.15, -0.1) is 0 Å². The minimum Gasteiger partial charge on any atom is -0.459 e. The summed E-state index contributed by atoms with van der Waals surface area (Å²) in [6, 6.07) is 11.1. The molecule has 9 nitrogen and oxygen atoms in total. The molecule has 0 saturated carbocycles. The second kappa shape index (κ2) is 10.7. The van der Waals surface area contributed by atoms with E-state index in [1.807, 2.05) is 24.3 Å². The average molecular weight is 684 g/mol. The summed E-state index contributed by atoms with van der Waals surface area (Å²) in [7, 11) is -4.29. The van der Waals surface area contributed by atoms with Crippen LogP contribution < -0.4 is 4.90 Å². The summed E-state index contributed by atoms with van der Waals surface area (Å²) in [6.45, 7) is 7.02. The van der Waals surface area contributed by atoms with E-state index < -0.39 is 39.1 Å². The van der Waals surface area contributed by atoms with Crippen LogP contribution in [0, 0.1) is 0 Å². The molecule has 0 unspecified atom stereocenters. The van der Waals surface area contributed by atoms with E-state index in [1.54, 1.807) is 45.9 Å².